The van der Waals surface area contributed by atoms with Crippen LogP contribution in [0.25, 0.3) is 0 Å². The zero-order valence-corrected chi connectivity index (χ0v) is 66.2. The molecular formula is C79H154O17P2. The van der Waals surface area contributed by atoms with Gasteiger partial charge < -0.3 is 33.8 Å². The Morgan fingerprint density at radius 1 is 0.255 bits per heavy atom. The van der Waals surface area contributed by atoms with Crippen LogP contribution in [-0.4, -0.2) is 96.7 Å². The van der Waals surface area contributed by atoms with Gasteiger partial charge in [-0.05, 0) is 49.4 Å². The second-order valence-corrected chi connectivity index (χ2v) is 33.3. The summed E-state index contributed by atoms with van der Waals surface area (Å²) in [5, 5.41) is 10.6. The van der Waals surface area contributed by atoms with Crippen molar-refractivity contribution in [3.63, 3.8) is 0 Å². The number of phosphoric ester groups is 2. The van der Waals surface area contributed by atoms with Crippen molar-refractivity contribution in [1.29, 1.82) is 0 Å². The molecule has 0 aliphatic rings. The predicted octanol–water partition coefficient (Wildman–Crippen LogP) is 23.2. The number of carbonyl (C=O) groups excluding carboxylic acids is 4. The first kappa shape index (κ1) is 96.1. The maximum absolute atomic E-state index is 13.1. The molecule has 3 N–H and O–H groups in total. The van der Waals surface area contributed by atoms with E-state index in [1.165, 1.54) is 199 Å². The summed E-state index contributed by atoms with van der Waals surface area (Å²) < 4.78 is 68.6. The van der Waals surface area contributed by atoms with Crippen molar-refractivity contribution in [2.75, 3.05) is 39.6 Å². The third kappa shape index (κ3) is 72.4. The van der Waals surface area contributed by atoms with Crippen LogP contribution < -0.4 is 0 Å². The van der Waals surface area contributed by atoms with Crippen LogP contribution in [0.5, 0.6) is 0 Å². The van der Waals surface area contributed by atoms with E-state index < -0.39 is 97.5 Å². The summed E-state index contributed by atoms with van der Waals surface area (Å²) in [7, 11) is -9.92. The molecule has 0 fully saturated rings. The molecular weight excluding hydrogens is 1280 g/mol. The van der Waals surface area contributed by atoms with Gasteiger partial charge in [-0.1, -0.05) is 351 Å². The topological polar surface area (TPSA) is 237 Å². The first-order valence-corrected chi connectivity index (χ1v) is 43.7. The zero-order valence-electron chi connectivity index (χ0n) is 64.4. The van der Waals surface area contributed by atoms with E-state index in [1.54, 1.807) is 0 Å². The van der Waals surface area contributed by atoms with Gasteiger partial charge >= 0.3 is 39.5 Å². The molecule has 0 amide bonds. The Kier molecular flexibility index (Phi) is 66.8. The molecule has 0 aromatic rings. The number of esters is 4. The molecule has 0 spiro atoms. The molecule has 582 valence electrons. The lowest BCUT2D eigenvalue weighted by molar-refractivity contribution is -0.161. The number of hydrogen-bond donors (Lipinski definition) is 3. The number of aliphatic hydroxyl groups excluding tert-OH is 1. The summed E-state index contributed by atoms with van der Waals surface area (Å²) in [5.74, 6) is 0.916. The van der Waals surface area contributed by atoms with Crippen LogP contribution in [0.1, 0.15) is 402 Å². The second kappa shape index (κ2) is 68.2. The molecule has 19 heteroatoms. The summed E-state index contributed by atoms with van der Waals surface area (Å²) in [5.41, 5.74) is 0. The van der Waals surface area contributed by atoms with E-state index in [9.17, 15) is 43.2 Å². The molecule has 0 radical (unpaired) electrons. The van der Waals surface area contributed by atoms with Gasteiger partial charge in [0.15, 0.2) is 12.2 Å². The Morgan fingerprint density at radius 3 is 0.633 bits per heavy atom. The molecule has 0 saturated carbocycles. The molecule has 17 nitrogen and oxygen atoms in total. The van der Waals surface area contributed by atoms with Gasteiger partial charge in [0, 0.05) is 25.7 Å². The van der Waals surface area contributed by atoms with Crippen LogP contribution in [0.2, 0.25) is 0 Å². The molecule has 0 aromatic carbocycles. The average Bonchev–Trinajstić information content (AvgIpc) is 1.03. The molecule has 0 saturated heterocycles. The molecule has 0 heterocycles. The quantitative estimate of drug-likeness (QED) is 0.0222. The highest BCUT2D eigenvalue weighted by Gasteiger charge is 2.30. The Morgan fingerprint density at radius 2 is 0.429 bits per heavy atom. The van der Waals surface area contributed by atoms with Gasteiger partial charge in [-0.25, -0.2) is 9.13 Å². The fraction of sp³-hybridized carbons (Fsp3) is 0.949. The van der Waals surface area contributed by atoms with Crippen LogP contribution in [0.15, 0.2) is 0 Å². The minimum absolute atomic E-state index is 0.106. The van der Waals surface area contributed by atoms with Crippen molar-refractivity contribution in [2.24, 2.45) is 23.7 Å². The van der Waals surface area contributed by atoms with Crippen molar-refractivity contribution < 1.29 is 80.2 Å². The number of rotatable bonds is 76. The normalized spacial score (nSPS) is 14.1. The van der Waals surface area contributed by atoms with Crippen molar-refractivity contribution >= 4 is 39.5 Å². The molecule has 0 rings (SSSR count). The first-order valence-electron chi connectivity index (χ1n) is 40.7. The number of aliphatic hydroxyl groups is 1. The standard InChI is InChI=1S/C79H154O17P2/c1-69(2)55-47-39-31-25-20-16-12-9-10-14-18-22-28-35-45-53-62-79(84)96-75(66-90-77(82)60-52-44-38-37-42-50-58-72(7)8)68-94-98(87,88)92-64-73(80)63-91-97(85,86)93-67-74(65-89-76(81)59-51-43-34-30-24-27-33-41-49-57-71(5)6)95-78(83)61-54-46-36-29-23-19-15-11-13-17-21-26-32-40-48-56-70(3)4/h69-75,80H,9-68H2,1-8H3,(H,85,86)(H,87,88)/t73?,74-,75-/m1/s1. The minimum atomic E-state index is -4.96. The van der Waals surface area contributed by atoms with Crippen LogP contribution >= 0.6 is 15.6 Å². The maximum atomic E-state index is 13.1. The van der Waals surface area contributed by atoms with Gasteiger partial charge in [0.25, 0.3) is 0 Å². The van der Waals surface area contributed by atoms with E-state index in [0.29, 0.717) is 31.6 Å². The van der Waals surface area contributed by atoms with Gasteiger partial charge in [0.2, 0.25) is 0 Å². The zero-order chi connectivity index (χ0) is 72.4. The minimum Gasteiger partial charge on any atom is -0.462 e. The SMILES string of the molecule is CC(C)CCCCCCCCCCCCCCCCCCC(=O)O[C@H](COC(=O)CCCCCCCCC(C)C)COP(=O)(O)OCC(O)COP(=O)(O)OC[C@@H](COC(=O)CCCCCCCCCCCC(C)C)OC(=O)CCCCCCCCCCCCCCCCCC(C)C. The van der Waals surface area contributed by atoms with E-state index in [4.69, 9.17) is 37.0 Å². The summed E-state index contributed by atoms with van der Waals surface area (Å²) in [6, 6.07) is 0. The van der Waals surface area contributed by atoms with Crippen LogP contribution in [0.4, 0.5) is 0 Å². The Bertz CT molecular complexity index is 1920. The summed E-state index contributed by atoms with van der Waals surface area (Å²) in [4.78, 5) is 72.9. The molecule has 0 aliphatic carbocycles. The Balaban J connectivity index is 5.20. The van der Waals surface area contributed by atoms with Gasteiger partial charge in [0.1, 0.15) is 19.3 Å². The lowest BCUT2D eigenvalue weighted by Gasteiger charge is -2.21. The van der Waals surface area contributed by atoms with Crippen molar-refractivity contribution in [2.45, 2.75) is 420 Å². The van der Waals surface area contributed by atoms with E-state index in [1.807, 2.05) is 0 Å². The van der Waals surface area contributed by atoms with E-state index in [0.717, 1.165) is 114 Å². The summed E-state index contributed by atoms with van der Waals surface area (Å²) in [6.07, 6.45) is 54.3. The Labute approximate surface area is 600 Å². The largest absolute Gasteiger partial charge is 0.472 e. The van der Waals surface area contributed by atoms with Crippen LogP contribution in [0, 0.1) is 23.7 Å². The Hall–Kier alpha value is -1.94. The third-order valence-electron chi connectivity index (χ3n) is 18.3. The molecule has 98 heavy (non-hydrogen) atoms. The molecule has 0 aromatic heterocycles. The number of unbranched alkanes of at least 4 members (excludes halogenated alkanes) is 42. The molecule has 0 aliphatic heterocycles. The fourth-order valence-corrected chi connectivity index (χ4v) is 13.7. The molecule has 3 unspecified atom stereocenters. The first-order chi connectivity index (χ1) is 47.1. The maximum Gasteiger partial charge on any atom is 0.472 e. The van der Waals surface area contributed by atoms with Gasteiger partial charge in [-0.3, -0.25) is 37.3 Å². The number of carbonyl (C=O) groups is 4. The van der Waals surface area contributed by atoms with Crippen LogP contribution in [-0.2, 0) is 65.4 Å². The lowest BCUT2D eigenvalue weighted by Crippen LogP contribution is -2.30. The van der Waals surface area contributed by atoms with Crippen molar-refractivity contribution in [1.82, 2.24) is 0 Å². The molecule has 0 bridgehead atoms. The van der Waals surface area contributed by atoms with E-state index in [-0.39, 0.29) is 25.7 Å². The van der Waals surface area contributed by atoms with Crippen LogP contribution in [0.3, 0.4) is 0 Å². The van der Waals surface area contributed by atoms with E-state index >= 15 is 0 Å². The summed E-state index contributed by atoms with van der Waals surface area (Å²) >= 11 is 0. The number of ether oxygens (including phenoxy) is 4. The fourth-order valence-electron chi connectivity index (χ4n) is 12.1. The van der Waals surface area contributed by atoms with Gasteiger partial charge in [-0.2, -0.15) is 0 Å². The smallest absolute Gasteiger partial charge is 0.462 e. The second-order valence-electron chi connectivity index (χ2n) is 30.4. The van der Waals surface area contributed by atoms with Gasteiger partial charge in [-0.15, -0.1) is 0 Å². The lowest BCUT2D eigenvalue weighted by atomic mass is 10.0. The molecule has 5 atom stereocenters. The monoisotopic (exact) mass is 1440 g/mol. The van der Waals surface area contributed by atoms with Gasteiger partial charge in [0.05, 0.1) is 26.4 Å². The third-order valence-corrected chi connectivity index (χ3v) is 20.2. The predicted molar refractivity (Wildman–Crippen MR) is 400 cm³/mol. The highest BCUT2D eigenvalue weighted by atomic mass is 31.2. The highest BCUT2D eigenvalue weighted by molar-refractivity contribution is 7.47. The van der Waals surface area contributed by atoms with Crippen molar-refractivity contribution in [3.8, 4) is 0 Å². The highest BCUT2D eigenvalue weighted by Crippen LogP contribution is 2.45. The average molecular weight is 1440 g/mol. The van der Waals surface area contributed by atoms with E-state index in [2.05, 4.69) is 55.4 Å². The number of hydrogen-bond acceptors (Lipinski definition) is 15. The summed E-state index contributed by atoms with van der Waals surface area (Å²) in [6.45, 7) is 14.2. The number of phosphoric acid groups is 2. The van der Waals surface area contributed by atoms with Crippen molar-refractivity contribution in [3.05, 3.63) is 0 Å².